The van der Waals surface area contributed by atoms with Crippen LogP contribution in [-0.2, 0) is 11.8 Å². The number of carbonyl (C=O) groups excluding carboxylic acids is 3. The molecule has 0 atom stereocenters. The van der Waals surface area contributed by atoms with Crippen molar-refractivity contribution in [1.29, 1.82) is 0 Å². The Morgan fingerprint density at radius 3 is 2.50 bits per heavy atom. The average molecular weight is 364 g/mol. The zero-order chi connectivity index (χ0) is 16.3. The molecule has 6 heteroatoms. The van der Waals surface area contributed by atoms with Gasteiger partial charge in [0, 0.05) is 28.8 Å². The zero-order valence-corrected chi connectivity index (χ0v) is 13.7. The second-order valence-electron chi connectivity index (χ2n) is 4.79. The van der Waals surface area contributed by atoms with Crippen LogP contribution in [0.15, 0.2) is 41.0 Å². The van der Waals surface area contributed by atoms with E-state index >= 15 is 0 Å². The first-order chi connectivity index (χ1) is 10.4. The van der Waals surface area contributed by atoms with E-state index in [2.05, 4.69) is 15.9 Å². The molecule has 114 valence electrons. The summed E-state index contributed by atoms with van der Waals surface area (Å²) in [5, 5.41) is 0. The molecule has 2 aromatic rings. The summed E-state index contributed by atoms with van der Waals surface area (Å²) in [5.41, 5.74) is 1.11. The Bertz CT molecular complexity index is 748. The first-order valence-corrected chi connectivity index (χ1v) is 7.31. The minimum atomic E-state index is -0.640. The van der Waals surface area contributed by atoms with Gasteiger partial charge in [-0.05, 0) is 25.1 Å². The molecule has 0 aliphatic rings. The van der Waals surface area contributed by atoms with Crippen LogP contribution in [0.1, 0.15) is 38.1 Å². The lowest BCUT2D eigenvalue weighted by molar-refractivity contribution is 0.0465. The number of benzene rings is 1. The average Bonchev–Trinajstić information content (AvgIpc) is 2.86. The van der Waals surface area contributed by atoms with Gasteiger partial charge in [-0.1, -0.05) is 28.1 Å². The van der Waals surface area contributed by atoms with Gasteiger partial charge in [0.25, 0.3) is 0 Å². The Morgan fingerprint density at radius 2 is 1.91 bits per heavy atom. The number of Topliss-reactive ketones (excluding diaryl/α,β-unsaturated/α-hetero) is 2. The van der Waals surface area contributed by atoms with Crippen LogP contribution in [0, 0.1) is 0 Å². The maximum absolute atomic E-state index is 12.0. The van der Waals surface area contributed by atoms with Crippen molar-refractivity contribution in [3.05, 3.63) is 57.8 Å². The number of nitrogens with zero attached hydrogens (tertiary/aromatic N) is 1. The topological polar surface area (TPSA) is 65.4 Å². The van der Waals surface area contributed by atoms with Crippen LogP contribution in [0.5, 0.6) is 0 Å². The van der Waals surface area contributed by atoms with E-state index in [1.54, 1.807) is 37.5 Å². The molecule has 0 aliphatic heterocycles. The molecule has 1 aromatic carbocycles. The first kappa shape index (κ1) is 16.2. The molecule has 1 aromatic heterocycles. The van der Waals surface area contributed by atoms with E-state index in [-0.39, 0.29) is 23.9 Å². The summed E-state index contributed by atoms with van der Waals surface area (Å²) in [6.45, 7) is 1.07. The van der Waals surface area contributed by atoms with E-state index in [1.165, 1.54) is 17.6 Å². The molecule has 0 saturated heterocycles. The SMILES string of the molecule is CC(=O)c1cc(C(=O)OCC(=O)c2cccc(Br)c2)n(C)c1. The molecular formula is C16H14BrNO4. The first-order valence-electron chi connectivity index (χ1n) is 6.51. The number of esters is 1. The molecule has 0 N–H and O–H groups in total. The van der Waals surface area contributed by atoms with Crippen molar-refractivity contribution >= 4 is 33.5 Å². The summed E-state index contributed by atoms with van der Waals surface area (Å²) < 4.78 is 7.30. The highest BCUT2D eigenvalue weighted by Gasteiger charge is 2.17. The zero-order valence-electron chi connectivity index (χ0n) is 12.1. The van der Waals surface area contributed by atoms with Gasteiger partial charge in [-0.3, -0.25) is 9.59 Å². The summed E-state index contributed by atoms with van der Waals surface area (Å²) in [5.74, 6) is -1.08. The molecule has 0 bridgehead atoms. The highest BCUT2D eigenvalue weighted by molar-refractivity contribution is 9.10. The van der Waals surface area contributed by atoms with Gasteiger partial charge in [0.15, 0.2) is 18.2 Å². The Balaban J connectivity index is 2.04. The molecule has 2 rings (SSSR count). The Kier molecular flexibility index (Phi) is 4.92. The van der Waals surface area contributed by atoms with Crippen molar-refractivity contribution in [2.45, 2.75) is 6.92 Å². The van der Waals surface area contributed by atoms with Gasteiger partial charge in [0.1, 0.15) is 5.69 Å². The molecule has 1 heterocycles. The molecule has 0 saturated carbocycles. The maximum Gasteiger partial charge on any atom is 0.355 e. The summed E-state index contributed by atoms with van der Waals surface area (Å²) in [7, 11) is 1.64. The number of ether oxygens (including phenoxy) is 1. The monoisotopic (exact) mass is 363 g/mol. The lowest BCUT2D eigenvalue weighted by Crippen LogP contribution is -2.16. The molecule has 0 amide bonds. The number of rotatable bonds is 5. The Labute approximate surface area is 136 Å². The second-order valence-corrected chi connectivity index (χ2v) is 5.71. The van der Waals surface area contributed by atoms with Gasteiger partial charge in [-0.25, -0.2) is 4.79 Å². The second kappa shape index (κ2) is 6.70. The summed E-state index contributed by atoms with van der Waals surface area (Å²) in [4.78, 5) is 35.3. The van der Waals surface area contributed by atoms with Crippen molar-refractivity contribution in [2.75, 3.05) is 6.61 Å². The van der Waals surface area contributed by atoms with Crippen LogP contribution in [0.4, 0.5) is 0 Å². The van der Waals surface area contributed by atoms with Gasteiger partial charge in [0.2, 0.25) is 0 Å². The third-order valence-electron chi connectivity index (χ3n) is 3.10. The molecule has 22 heavy (non-hydrogen) atoms. The standard InChI is InChI=1S/C16H14BrNO4/c1-10(19)12-7-14(18(2)8-12)16(21)22-9-15(20)11-4-3-5-13(17)6-11/h3-8H,9H2,1-2H3. The van der Waals surface area contributed by atoms with E-state index in [0.717, 1.165) is 4.47 Å². The minimum Gasteiger partial charge on any atom is -0.453 e. The van der Waals surface area contributed by atoms with Gasteiger partial charge in [-0.2, -0.15) is 0 Å². The highest BCUT2D eigenvalue weighted by Crippen LogP contribution is 2.13. The third kappa shape index (κ3) is 3.71. The third-order valence-corrected chi connectivity index (χ3v) is 3.59. The summed E-state index contributed by atoms with van der Waals surface area (Å²) in [6, 6.07) is 8.30. The van der Waals surface area contributed by atoms with Crippen molar-refractivity contribution in [3.8, 4) is 0 Å². The van der Waals surface area contributed by atoms with Crippen LogP contribution in [0.2, 0.25) is 0 Å². The van der Waals surface area contributed by atoms with Crippen molar-refractivity contribution < 1.29 is 19.1 Å². The molecule has 0 radical (unpaired) electrons. The molecule has 0 spiro atoms. The number of aryl methyl sites for hydroxylation is 1. The van der Waals surface area contributed by atoms with E-state index < -0.39 is 5.97 Å². The summed E-state index contributed by atoms with van der Waals surface area (Å²) >= 11 is 3.28. The number of hydrogen-bond donors (Lipinski definition) is 0. The van der Waals surface area contributed by atoms with Gasteiger partial charge >= 0.3 is 5.97 Å². The van der Waals surface area contributed by atoms with Gasteiger partial charge in [-0.15, -0.1) is 0 Å². The summed E-state index contributed by atoms with van der Waals surface area (Å²) in [6.07, 6.45) is 1.55. The fourth-order valence-corrected chi connectivity index (χ4v) is 2.31. The Hall–Kier alpha value is -2.21. The molecule has 5 nitrogen and oxygen atoms in total. The smallest absolute Gasteiger partial charge is 0.355 e. The van der Waals surface area contributed by atoms with Crippen molar-refractivity contribution in [1.82, 2.24) is 4.57 Å². The van der Waals surface area contributed by atoms with Crippen LogP contribution < -0.4 is 0 Å². The van der Waals surface area contributed by atoms with E-state index in [9.17, 15) is 14.4 Å². The van der Waals surface area contributed by atoms with Crippen LogP contribution in [0.25, 0.3) is 0 Å². The van der Waals surface area contributed by atoms with E-state index in [1.807, 2.05) is 0 Å². The lowest BCUT2D eigenvalue weighted by atomic mass is 10.1. The van der Waals surface area contributed by atoms with Crippen LogP contribution >= 0.6 is 15.9 Å². The number of halogens is 1. The quantitative estimate of drug-likeness (QED) is 0.604. The largest absolute Gasteiger partial charge is 0.453 e. The van der Waals surface area contributed by atoms with E-state index in [0.29, 0.717) is 11.1 Å². The molecule has 0 unspecified atom stereocenters. The highest BCUT2D eigenvalue weighted by atomic mass is 79.9. The van der Waals surface area contributed by atoms with Gasteiger partial charge in [0.05, 0.1) is 0 Å². The number of hydrogen-bond acceptors (Lipinski definition) is 4. The number of ketones is 2. The fraction of sp³-hybridized carbons (Fsp3) is 0.188. The number of aromatic nitrogens is 1. The molecule has 0 aliphatic carbocycles. The molecular weight excluding hydrogens is 350 g/mol. The predicted molar refractivity (Wildman–Crippen MR) is 84.2 cm³/mol. The van der Waals surface area contributed by atoms with Crippen LogP contribution in [0.3, 0.4) is 0 Å². The van der Waals surface area contributed by atoms with Crippen molar-refractivity contribution in [3.63, 3.8) is 0 Å². The predicted octanol–water partition coefficient (Wildman–Crippen LogP) is 3.03. The van der Waals surface area contributed by atoms with Crippen LogP contribution in [-0.4, -0.2) is 28.7 Å². The van der Waals surface area contributed by atoms with E-state index in [4.69, 9.17) is 4.74 Å². The number of carbonyl (C=O) groups is 3. The Morgan fingerprint density at radius 1 is 1.18 bits per heavy atom. The maximum atomic E-state index is 12.0. The minimum absolute atomic E-state index is 0.139. The molecule has 0 fully saturated rings. The lowest BCUT2D eigenvalue weighted by Gasteiger charge is -2.05. The fourth-order valence-electron chi connectivity index (χ4n) is 1.91. The van der Waals surface area contributed by atoms with Crippen molar-refractivity contribution in [2.24, 2.45) is 7.05 Å². The normalized spacial score (nSPS) is 10.3. The van der Waals surface area contributed by atoms with Gasteiger partial charge < -0.3 is 9.30 Å².